The summed E-state index contributed by atoms with van der Waals surface area (Å²) in [5.74, 6) is -0.553. The first-order valence-electron chi connectivity index (χ1n) is 12.2. The second kappa shape index (κ2) is 14.2. The van der Waals surface area contributed by atoms with Gasteiger partial charge in [0.1, 0.15) is 5.88 Å². The number of azo groups is 2. The molecule has 3 aromatic rings. The summed E-state index contributed by atoms with van der Waals surface area (Å²) in [6.45, 7) is 2.24. The van der Waals surface area contributed by atoms with Crippen molar-refractivity contribution < 1.29 is 13.0 Å². The fourth-order valence-corrected chi connectivity index (χ4v) is 3.83. The minimum Gasteiger partial charge on any atom is -0.370 e. The number of hydrogen-bond donors (Lipinski definition) is 2. The zero-order valence-corrected chi connectivity index (χ0v) is 21.4. The summed E-state index contributed by atoms with van der Waals surface area (Å²) in [6.07, 6.45) is 8.92. The zero-order valence-electron chi connectivity index (χ0n) is 20.5. The molecule has 0 bridgehead atoms. The Morgan fingerprint density at radius 3 is 1.53 bits per heavy atom. The van der Waals surface area contributed by atoms with E-state index < -0.39 is 16.0 Å². The summed E-state index contributed by atoms with van der Waals surface area (Å²) in [6, 6.07) is 22.2. The highest BCUT2D eigenvalue weighted by atomic mass is 32.2. The maximum absolute atomic E-state index is 10.8. The Kier molecular flexibility index (Phi) is 10.7. The number of unbranched alkanes of at least 4 members (excludes halogenated alkanes) is 5. The molecule has 9 heteroatoms. The van der Waals surface area contributed by atoms with Crippen LogP contribution in [0.2, 0.25) is 0 Å². The maximum Gasteiger partial charge on any atom is 0.283 e. The summed E-state index contributed by atoms with van der Waals surface area (Å²) in [5.41, 5.74) is 4.70. The van der Waals surface area contributed by atoms with E-state index in [2.05, 4.69) is 44.8 Å². The molecular weight excluding hydrogens is 474 g/mol. The standard InChI is InChI=1S/C27H33N5O3S/c1-2-3-4-5-6-7-8-22-9-11-24(12-10-22)29-31-26-17-19-27(20-18-26)32-30-25-15-13-23(14-16-25)28-21-36(33,34)35/h9-20,28H,2-8,21H2,1H3,(H,33,34,35). The van der Waals surface area contributed by atoms with Crippen molar-refractivity contribution in [2.45, 2.75) is 51.9 Å². The molecule has 0 radical (unpaired) electrons. The fourth-order valence-electron chi connectivity index (χ4n) is 3.48. The van der Waals surface area contributed by atoms with Crippen molar-refractivity contribution in [1.82, 2.24) is 0 Å². The molecule has 3 rings (SSSR count). The molecule has 0 aliphatic heterocycles. The highest BCUT2D eigenvalue weighted by Crippen LogP contribution is 2.24. The quantitative estimate of drug-likeness (QED) is 0.129. The molecule has 0 amide bonds. The number of nitrogens with zero attached hydrogens (tertiary/aromatic N) is 4. The first-order valence-corrected chi connectivity index (χ1v) is 13.8. The number of aryl methyl sites for hydroxylation is 1. The van der Waals surface area contributed by atoms with Crippen LogP contribution in [0.1, 0.15) is 51.0 Å². The van der Waals surface area contributed by atoms with Crippen molar-refractivity contribution in [2.75, 3.05) is 11.2 Å². The van der Waals surface area contributed by atoms with Gasteiger partial charge in [0.05, 0.1) is 22.7 Å². The van der Waals surface area contributed by atoms with E-state index in [1.165, 1.54) is 44.1 Å². The van der Waals surface area contributed by atoms with Crippen LogP contribution in [-0.4, -0.2) is 18.8 Å². The van der Waals surface area contributed by atoms with Crippen LogP contribution >= 0.6 is 0 Å². The van der Waals surface area contributed by atoms with Crippen molar-refractivity contribution >= 4 is 38.6 Å². The molecule has 8 nitrogen and oxygen atoms in total. The van der Waals surface area contributed by atoms with Gasteiger partial charge in [0.15, 0.2) is 0 Å². The van der Waals surface area contributed by atoms with Gasteiger partial charge in [-0.2, -0.15) is 28.9 Å². The van der Waals surface area contributed by atoms with Crippen molar-refractivity contribution in [2.24, 2.45) is 20.5 Å². The molecule has 0 saturated carbocycles. The molecule has 190 valence electrons. The van der Waals surface area contributed by atoms with Crippen LogP contribution in [0.25, 0.3) is 0 Å². The lowest BCUT2D eigenvalue weighted by Crippen LogP contribution is -2.12. The monoisotopic (exact) mass is 507 g/mol. The molecule has 36 heavy (non-hydrogen) atoms. The smallest absolute Gasteiger partial charge is 0.283 e. The Morgan fingerprint density at radius 1 is 0.639 bits per heavy atom. The average molecular weight is 508 g/mol. The van der Waals surface area contributed by atoms with E-state index in [9.17, 15) is 8.42 Å². The van der Waals surface area contributed by atoms with Crippen LogP contribution in [0.5, 0.6) is 0 Å². The first kappa shape index (κ1) is 27.2. The summed E-state index contributed by atoms with van der Waals surface area (Å²) in [7, 11) is -4.08. The van der Waals surface area contributed by atoms with Crippen LogP contribution in [-0.2, 0) is 16.5 Å². The molecule has 0 aliphatic carbocycles. The van der Waals surface area contributed by atoms with Crippen LogP contribution in [0.3, 0.4) is 0 Å². The minimum absolute atomic E-state index is 0.550. The number of hydrogen-bond acceptors (Lipinski definition) is 7. The Labute approximate surface area is 213 Å². The van der Waals surface area contributed by atoms with Crippen LogP contribution in [0, 0.1) is 0 Å². The fraction of sp³-hybridized carbons (Fsp3) is 0.333. The maximum atomic E-state index is 10.8. The second-order valence-corrected chi connectivity index (χ2v) is 10.0. The molecule has 0 fully saturated rings. The van der Waals surface area contributed by atoms with E-state index in [-0.39, 0.29) is 0 Å². The third-order valence-corrected chi connectivity index (χ3v) is 6.00. The van der Waals surface area contributed by atoms with Crippen molar-refractivity contribution in [3.8, 4) is 0 Å². The van der Waals surface area contributed by atoms with Crippen LogP contribution in [0.15, 0.2) is 93.3 Å². The molecule has 0 aromatic heterocycles. The zero-order chi connectivity index (χ0) is 25.6. The summed E-state index contributed by atoms with van der Waals surface area (Å²) >= 11 is 0. The van der Waals surface area contributed by atoms with E-state index in [1.54, 1.807) is 24.3 Å². The lowest BCUT2D eigenvalue weighted by Gasteiger charge is -2.03. The van der Waals surface area contributed by atoms with Crippen LogP contribution < -0.4 is 5.32 Å². The lowest BCUT2D eigenvalue weighted by atomic mass is 10.0. The van der Waals surface area contributed by atoms with Gasteiger partial charge in [-0.05, 0) is 79.1 Å². The molecule has 0 saturated heterocycles. The van der Waals surface area contributed by atoms with E-state index in [4.69, 9.17) is 4.55 Å². The Bertz CT molecular complexity index is 1220. The van der Waals surface area contributed by atoms with Gasteiger partial charge in [-0.1, -0.05) is 51.2 Å². The highest BCUT2D eigenvalue weighted by Gasteiger charge is 2.03. The van der Waals surface area contributed by atoms with E-state index in [0.717, 1.165) is 17.8 Å². The number of rotatable bonds is 14. The SMILES string of the molecule is CCCCCCCCc1ccc(N=Nc2ccc(N=Nc3ccc(NCS(=O)(=O)O)cc3)cc2)cc1. The van der Waals surface area contributed by atoms with E-state index in [0.29, 0.717) is 17.1 Å². The molecule has 0 heterocycles. The van der Waals surface area contributed by atoms with Gasteiger partial charge in [0.25, 0.3) is 10.1 Å². The number of benzene rings is 3. The first-order chi connectivity index (χ1) is 17.4. The van der Waals surface area contributed by atoms with E-state index in [1.807, 2.05) is 36.4 Å². The highest BCUT2D eigenvalue weighted by molar-refractivity contribution is 7.85. The average Bonchev–Trinajstić information content (AvgIpc) is 2.88. The molecule has 0 aliphatic rings. The predicted molar refractivity (Wildman–Crippen MR) is 145 cm³/mol. The summed E-state index contributed by atoms with van der Waals surface area (Å²) in [4.78, 5) is 0. The minimum atomic E-state index is -4.08. The Morgan fingerprint density at radius 2 is 1.06 bits per heavy atom. The molecule has 0 atom stereocenters. The van der Waals surface area contributed by atoms with Gasteiger partial charge in [-0.3, -0.25) is 4.55 Å². The Hall–Kier alpha value is -3.43. The topological polar surface area (TPSA) is 116 Å². The summed E-state index contributed by atoms with van der Waals surface area (Å²) in [5, 5.41) is 19.6. The number of anilines is 1. The molecule has 3 aromatic carbocycles. The number of nitrogens with one attached hydrogen (secondary N) is 1. The second-order valence-electron chi connectivity index (χ2n) is 8.55. The lowest BCUT2D eigenvalue weighted by molar-refractivity contribution is 0.485. The van der Waals surface area contributed by atoms with Crippen LogP contribution in [0.4, 0.5) is 28.4 Å². The van der Waals surface area contributed by atoms with Gasteiger partial charge in [0.2, 0.25) is 0 Å². The van der Waals surface area contributed by atoms with Gasteiger partial charge in [-0.15, -0.1) is 0 Å². The van der Waals surface area contributed by atoms with Gasteiger partial charge < -0.3 is 5.32 Å². The van der Waals surface area contributed by atoms with Crippen molar-refractivity contribution in [3.05, 3.63) is 78.4 Å². The molecule has 2 N–H and O–H groups in total. The molecular formula is C27H33N5O3S. The third-order valence-electron chi connectivity index (χ3n) is 5.49. The van der Waals surface area contributed by atoms with Crippen molar-refractivity contribution in [1.29, 1.82) is 0 Å². The summed E-state index contributed by atoms with van der Waals surface area (Å²) < 4.78 is 30.4. The van der Waals surface area contributed by atoms with Gasteiger partial charge in [0, 0.05) is 5.69 Å². The van der Waals surface area contributed by atoms with Crippen molar-refractivity contribution in [3.63, 3.8) is 0 Å². The predicted octanol–water partition coefficient (Wildman–Crippen LogP) is 8.68. The largest absolute Gasteiger partial charge is 0.370 e. The van der Waals surface area contributed by atoms with Gasteiger partial charge in [-0.25, -0.2) is 0 Å². The molecule has 0 unspecified atom stereocenters. The molecule has 0 spiro atoms. The van der Waals surface area contributed by atoms with E-state index >= 15 is 0 Å². The third kappa shape index (κ3) is 10.5. The van der Waals surface area contributed by atoms with Gasteiger partial charge >= 0.3 is 0 Å². The normalized spacial score (nSPS) is 11.9. The Balaban J connectivity index is 1.46.